The Morgan fingerprint density at radius 2 is 1.95 bits per heavy atom. The number of rotatable bonds is 2. The highest BCUT2D eigenvalue weighted by atomic mass is 16.5. The lowest BCUT2D eigenvalue weighted by molar-refractivity contribution is 0.102. The highest BCUT2D eigenvalue weighted by Crippen LogP contribution is 2.29. The van der Waals surface area contributed by atoms with E-state index in [0.29, 0.717) is 23.6 Å². The van der Waals surface area contributed by atoms with E-state index < -0.39 is 0 Å². The van der Waals surface area contributed by atoms with Crippen LogP contribution in [0.3, 0.4) is 0 Å². The third kappa shape index (κ3) is 2.25. The van der Waals surface area contributed by atoms with Crippen molar-refractivity contribution in [3.8, 4) is 5.75 Å². The molecule has 3 rings (SSSR count). The third-order valence-electron chi connectivity index (χ3n) is 3.13. The molecule has 0 atom stereocenters. The number of para-hydroxylation sites is 1. The Balaban J connectivity index is 1.85. The van der Waals surface area contributed by atoms with Gasteiger partial charge >= 0.3 is 0 Å². The first-order valence-corrected chi connectivity index (χ1v) is 6.15. The molecule has 0 fully saturated rings. The minimum Gasteiger partial charge on any atom is -0.492 e. The molecular weight excluding hydrogens is 240 g/mol. The number of carbonyl (C=O) groups is 1. The second-order valence-corrected chi connectivity index (χ2v) is 4.47. The number of carbonyl (C=O) groups excluding carboxylic acids is 1. The second-order valence-electron chi connectivity index (χ2n) is 4.47. The van der Waals surface area contributed by atoms with Crippen LogP contribution in [0.25, 0.3) is 0 Å². The topological polar surface area (TPSA) is 64.3 Å². The lowest BCUT2D eigenvalue weighted by atomic mass is 10.1. The van der Waals surface area contributed by atoms with E-state index in [0.717, 1.165) is 17.7 Å². The van der Waals surface area contributed by atoms with Gasteiger partial charge < -0.3 is 15.8 Å². The summed E-state index contributed by atoms with van der Waals surface area (Å²) in [6.07, 6.45) is 0.859. The Morgan fingerprint density at radius 3 is 2.74 bits per heavy atom. The molecule has 1 heterocycles. The predicted molar refractivity (Wildman–Crippen MR) is 74.4 cm³/mol. The lowest BCUT2D eigenvalue weighted by Crippen LogP contribution is -2.13. The van der Waals surface area contributed by atoms with Gasteiger partial charge in [-0.2, -0.15) is 0 Å². The van der Waals surface area contributed by atoms with Crippen molar-refractivity contribution < 1.29 is 9.53 Å². The summed E-state index contributed by atoms with van der Waals surface area (Å²) in [7, 11) is 0. The van der Waals surface area contributed by atoms with Crippen LogP contribution in [-0.4, -0.2) is 12.5 Å². The fourth-order valence-electron chi connectivity index (χ4n) is 2.16. The van der Waals surface area contributed by atoms with Gasteiger partial charge in [-0.1, -0.05) is 12.1 Å². The van der Waals surface area contributed by atoms with Crippen LogP contribution in [0.15, 0.2) is 42.5 Å². The standard InChI is InChI=1S/C15H14N2O2/c16-11-4-6-12(7-5-11)17-15(18)13-3-1-2-10-8-9-19-14(10)13/h1-7H,8-9,16H2,(H,17,18). The fraction of sp³-hybridized carbons (Fsp3) is 0.133. The summed E-state index contributed by atoms with van der Waals surface area (Å²) in [5.74, 6) is 0.541. The smallest absolute Gasteiger partial charge is 0.259 e. The number of nitrogen functional groups attached to an aromatic ring is 1. The van der Waals surface area contributed by atoms with Crippen LogP contribution < -0.4 is 15.8 Å². The van der Waals surface area contributed by atoms with Crippen LogP contribution in [0.2, 0.25) is 0 Å². The largest absolute Gasteiger partial charge is 0.492 e. The maximum atomic E-state index is 12.2. The molecule has 0 unspecified atom stereocenters. The molecule has 0 bridgehead atoms. The highest BCUT2D eigenvalue weighted by molar-refractivity contribution is 6.06. The van der Waals surface area contributed by atoms with Crippen molar-refractivity contribution in [1.29, 1.82) is 0 Å². The molecule has 2 aromatic rings. The summed E-state index contributed by atoms with van der Waals surface area (Å²) in [5.41, 5.74) is 8.66. The SMILES string of the molecule is Nc1ccc(NC(=O)c2cccc3c2OCC3)cc1. The Morgan fingerprint density at radius 1 is 1.16 bits per heavy atom. The van der Waals surface area contributed by atoms with E-state index in [2.05, 4.69) is 5.32 Å². The molecule has 0 aromatic heterocycles. The molecule has 2 aromatic carbocycles. The van der Waals surface area contributed by atoms with E-state index in [9.17, 15) is 4.79 Å². The van der Waals surface area contributed by atoms with Crippen LogP contribution in [0.5, 0.6) is 5.75 Å². The van der Waals surface area contributed by atoms with Gasteiger partial charge in [-0.3, -0.25) is 4.79 Å². The zero-order chi connectivity index (χ0) is 13.2. The molecular formula is C15H14N2O2. The van der Waals surface area contributed by atoms with E-state index in [1.54, 1.807) is 30.3 Å². The van der Waals surface area contributed by atoms with Gasteiger partial charge in [-0.05, 0) is 35.9 Å². The van der Waals surface area contributed by atoms with Crippen molar-refractivity contribution >= 4 is 17.3 Å². The van der Waals surface area contributed by atoms with Crippen molar-refractivity contribution in [2.45, 2.75) is 6.42 Å². The number of nitrogens with one attached hydrogen (secondary N) is 1. The number of ether oxygens (including phenoxy) is 1. The molecule has 0 aliphatic carbocycles. The summed E-state index contributed by atoms with van der Waals surface area (Å²) in [6.45, 7) is 0.640. The average Bonchev–Trinajstić information content (AvgIpc) is 2.89. The Labute approximate surface area is 111 Å². The number of hydrogen-bond donors (Lipinski definition) is 2. The number of hydrogen-bond acceptors (Lipinski definition) is 3. The molecule has 0 saturated carbocycles. The van der Waals surface area contributed by atoms with Gasteiger partial charge in [0, 0.05) is 17.8 Å². The van der Waals surface area contributed by atoms with E-state index >= 15 is 0 Å². The van der Waals surface area contributed by atoms with Crippen LogP contribution in [-0.2, 0) is 6.42 Å². The zero-order valence-electron chi connectivity index (χ0n) is 10.3. The van der Waals surface area contributed by atoms with Crippen LogP contribution >= 0.6 is 0 Å². The molecule has 3 N–H and O–H groups in total. The first-order valence-electron chi connectivity index (χ1n) is 6.15. The summed E-state index contributed by atoms with van der Waals surface area (Å²) in [6, 6.07) is 12.7. The fourth-order valence-corrected chi connectivity index (χ4v) is 2.16. The Hall–Kier alpha value is -2.49. The minimum absolute atomic E-state index is 0.163. The van der Waals surface area contributed by atoms with E-state index in [4.69, 9.17) is 10.5 Å². The molecule has 4 heteroatoms. The maximum absolute atomic E-state index is 12.2. The van der Waals surface area contributed by atoms with Crippen LogP contribution in [0, 0.1) is 0 Å². The van der Waals surface area contributed by atoms with E-state index in [-0.39, 0.29) is 5.91 Å². The van der Waals surface area contributed by atoms with E-state index in [1.807, 2.05) is 12.1 Å². The molecule has 4 nitrogen and oxygen atoms in total. The molecule has 96 valence electrons. The number of amides is 1. The molecule has 1 aliphatic rings. The van der Waals surface area contributed by atoms with Crippen molar-refractivity contribution in [2.75, 3.05) is 17.7 Å². The molecule has 1 aliphatic heterocycles. The molecule has 19 heavy (non-hydrogen) atoms. The van der Waals surface area contributed by atoms with E-state index in [1.165, 1.54) is 0 Å². The molecule has 0 saturated heterocycles. The van der Waals surface area contributed by atoms with Gasteiger partial charge in [0.25, 0.3) is 5.91 Å². The van der Waals surface area contributed by atoms with Crippen LogP contribution in [0.1, 0.15) is 15.9 Å². The number of nitrogens with two attached hydrogens (primary N) is 1. The normalized spacial score (nSPS) is 12.6. The van der Waals surface area contributed by atoms with Gasteiger partial charge in [0.15, 0.2) is 0 Å². The summed E-state index contributed by atoms with van der Waals surface area (Å²) in [5, 5.41) is 2.84. The molecule has 0 radical (unpaired) electrons. The molecule has 0 spiro atoms. The summed E-state index contributed by atoms with van der Waals surface area (Å²) >= 11 is 0. The van der Waals surface area contributed by atoms with Gasteiger partial charge in [0.2, 0.25) is 0 Å². The van der Waals surface area contributed by atoms with Gasteiger partial charge in [0.1, 0.15) is 5.75 Å². The molecule has 1 amide bonds. The van der Waals surface area contributed by atoms with Crippen molar-refractivity contribution in [2.24, 2.45) is 0 Å². The van der Waals surface area contributed by atoms with Crippen LogP contribution in [0.4, 0.5) is 11.4 Å². The zero-order valence-corrected chi connectivity index (χ0v) is 10.3. The summed E-state index contributed by atoms with van der Waals surface area (Å²) in [4.78, 5) is 12.2. The maximum Gasteiger partial charge on any atom is 0.259 e. The average molecular weight is 254 g/mol. The number of anilines is 2. The van der Waals surface area contributed by atoms with Crippen molar-refractivity contribution in [3.05, 3.63) is 53.6 Å². The van der Waals surface area contributed by atoms with Gasteiger partial charge in [-0.25, -0.2) is 0 Å². The Bertz CT molecular complexity index is 621. The predicted octanol–water partition coefficient (Wildman–Crippen LogP) is 2.46. The second kappa shape index (κ2) is 4.65. The van der Waals surface area contributed by atoms with Crippen molar-refractivity contribution in [1.82, 2.24) is 0 Å². The first-order chi connectivity index (χ1) is 9.24. The minimum atomic E-state index is -0.163. The Kier molecular flexibility index (Phi) is 2.83. The number of benzene rings is 2. The first kappa shape index (κ1) is 11.6. The van der Waals surface area contributed by atoms with Gasteiger partial charge in [0.05, 0.1) is 12.2 Å². The quantitative estimate of drug-likeness (QED) is 0.809. The van der Waals surface area contributed by atoms with Crippen molar-refractivity contribution in [3.63, 3.8) is 0 Å². The number of fused-ring (bicyclic) bond motifs is 1. The lowest BCUT2D eigenvalue weighted by Gasteiger charge is -2.09. The van der Waals surface area contributed by atoms with Gasteiger partial charge in [-0.15, -0.1) is 0 Å². The monoisotopic (exact) mass is 254 g/mol. The highest BCUT2D eigenvalue weighted by Gasteiger charge is 2.20. The third-order valence-corrected chi connectivity index (χ3v) is 3.13. The summed E-state index contributed by atoms with van der Waals surface area (Å²) < 4.78 is 5.53.